The molecule has 0 radical (unpaired) electrons. The van der Waals surface area contributed by atoms with Gasteiger partial charge in [0.25, 0.3) is 0 Å². The van der Waals surface area contributed by atoms with E-state index in [1.54, 1.807) is 0 Å². The molecule has 30 heavy (non-hydrogen) atoms. The van der Waals surface area contributed by atoms with Crippen molar-refractivity contribution in [3.05, 3.63) is 53.1 Å². The smallest absolute Gasteiger partial charge is 0.181 e. The molecule has 0 bridgehead atoms. The highest BCUT2D eigenvalue weighted by molar-refractivity contribution is 5.88. The molecule has 156 valence electrons. The highest BCUT2D eigenvalue weighted by Gasteiger charge is 2.30. The first kappa shape index (κ1) is 19.2. The van der Waals surface area contributed by atoms with Crippen LogP contribution in [0.25, 0.3) is 17.0 Å². The van der Waals surface area contributed by atoms with E-state index in [9.17, 15) is 0 Å². The lowest BCUT2D eigenvalue weighted by atomic mass is 9.81. The van der Waals surface area contributed by atoms with Crippen molar-refractivity contribution in [1.82, 2.24) is 30.5 Å². The standard InChI is InChI=1S/C24H30N6/c1-16-13-14-18(15-30(16)2)21-19-11-7-4-8-12-20(19)25-23(17-9-5-3-6-10-17)22(21)24-26-28-29-27-24/h13-15,17H,1,3-12H2,2H3,(H,26,27,28,29). The van der Waals surface area contributed by atoms with Gasteiger partial charge in [0, 0.05) is 36.1 Å². The number of likely N-dealkylation sites (N-methyl/N-ethyl adjacent to an activating group) is 1. The number of tetrazole rings is 1. The van der Waals surface area contributed by atoms with Crippen LogP contribution in [0.4, 0.5) is 0 Å². The van der Waals surface area contributed by atoms with Crippen molar-refractivity contribution in [2.75, 3.05) is 7.05 Å². The topological polar surface area (TPSA) is 70.6 Å². The highest BCUT2D eigenvalue weighted by Crippen LogP contribution is 2.43. The Bertz CT molecular complexity index is 995. The molecule has 0 saturated heterocycles. The maximum atomic E-state index is 5.34. The highest BCUT2D eigenvalue weighted by atomic mass is 15.5. The second kappa shape index (κ2) is 8.17. The quantitative estimate of drug-likeness (QED) is 0.737. The molecular formula is C24H30N6. The van der Waals surface area contributed by atoms with Crippen molar-refractivity contribution in [1.29, 1.82) is 0 Å². The van der Waals surface area contributed by atoms with Crippen LogP contribution in [0.2, 0.25) is 0 Å². The summed E-state index contributed by atoms with van der Waals surface area (Å²) in [6.45, 7) is 4.13. The molecule has 0 aromatic carbocycles. The number of aromatic nitrogens is 5. The maximum absolute atomic E-state index is 5.34. The molecule has 2 aliphatic carbocycles. The Labute approximate surface area is 178 Å². The number of aromatic amines is 1. The largest absolute Gasteiger partial charge is 0.351 e. The van der Waals surface area contributed by atoms with Gasteiger partial charge in [0.05, 0.1) is 11.3 Å². The average molecular weight is 403 g/mol. The summed E-state index contributed by atoms with van der Waals surface area (Å²) in [6.07, 6.45) is 18.6. The first-order valence-electron chi connectivity index (χ1n) is 11.3. The molecule has 1 fully saturated rings. The van der Waals surface area contributed by atoms with E-state index in [4.69, 9.17) is 4.98 Å². The van der Waals surface area contributed by atoms with E-state index in [2.05, 4.69) is 57.5 Å². The molecule has 0 amide bonds. The van der Waals surface area contributed by atoms with E-state index >= 15 is 0 Å². The molecule has 1 saturated carbocycles. The molecule has 3 aliphatic rings. The van der Waals surface area contributed by atoms with Crippen LogP contribution in [-0.2, 0) is 12.8 Å². The SMILES string of the molecule is C=C1C=CC(c2c3c(nc(C4CCCCC4)c2-c2nnn[nH]2)CCCCC3)=CN1C. The normalized spacial score (nSPS) is 20.1. The Balaban J connectivity index is 1.78. The molecule has 1 N–H and O–H groups in total. The maximum Gasteiger partial charge on any atom is 0.181 e. The van der Waals surface area contributed by atoms with Crippen LogP contribution in [0.5, 0.6) is 0 Å². The molecule has 2 aromatic heterocycles. The van der Waals surface area contributed by atoms with Crippen molar-refractivity contribution < 1.29 is 0 Å². The lowest BCUT2D eigenvalue weighted by Crippen LogP contribution is -2.16. The average Bonchev–Trinajstić information content (AvgIpc) is 3.20. The number of hydrogen-bond donors (Lipinski definition) is 1. The molecule has 6 heteroatoms. The van der Waals surface area contributed by atoms with Crippen LogP contribution >= 0.6 is 0 Å². The predicted molar refractivity (Wildman–Crippen MR) is 119 cm³/mol. The minimum Gasteiger partial charge on any atom is -0.351 e. The van der Waals surface area contributed by atoms with Crippen molar-refractivity contribution in [3.63, 3.8) is 0 Å². The molecular weight excluding hydrogens is 372 g/mol. The van der Waals surface area contributed by atoms with Gasteiger partial charge in [0.2, 0.25) is 0 Å². The molecule has 0 atom stereocenters. The number of pyridine rings is 1. The van der Waals surface area contributed by atoms with Crippen LogP contribution in [0.1, 0.15) is 79.8 Å². The van der Waals surface area contributed by atoms with Gasteiger partial charge in [0.15, 0.2) is 5.82 Å². The van der Waals surface area contributed by atoms with Gasteiger partial charge < -0.3 is 4.90 Å². The summed E-state index contributed by atoms with van der Waals surface area (Å²) in [6, 6.07) is 0. The molecule has 5 rings (SSSR count). The van der Waals surface area contributed by atoms with Crippen LogP contribution in [0.15, 0.2) is 30.6 Å². The summed E-state index contributed by atoms with van der Waals surface area (Å²) in [5, 5.41) is 15.3. The summed E-state index contributed by atoms with van der Waals surface area (Å²) in [4.78, 5) is 7.44. The lowest BCUT2D eigenvalue weighted by Gasteiger charge is -2.28. The Morgan fingerprint density at radius 1 is 1.00 bits per heavy atom. The minimum absolute atomic E-state index is 0.479. The summed E-state index contributed by atoms with van der Waals surface area (Å²) in [5.74, 6) is 1.22. The van der Waals surface area contributed by atoms with Gasteiger partial charge in [-0.05, 0) is 66.2 Å². The monoisotopic (exact) mass is 402 g/mol. The molecule has 2 aromatic rings. The first-order valence-corrected chi connectivity index (χ1v) is 11.3. The molecule has 0 unspecified atom stereocenters. The van der Waals surface area contributed by atoms with Gasteiger partial charge >= 0.3 is 0 Å². The number of nitrogens with zero attached hydrogens (tertiary/aromatic N) is 5. The first-order chi connectivity index (χ1) is 14.7. The minimum atomic E-state index is 0.479. The number of allylic oxidation sites excluding steroid dienone is 3. The Hall–Kier alpha value is -2.76. The summed E-state index contributed by atoms with van der Waals surface area (Å²) >= 11 is 0. The number of H-pyrrole nitrogens is 1. The van der Waals surface area contributed by atoms with Crippen molar-refractivity contribution in [2.45, 2.75) is 70.1 Å². The van der Waals surface area contributed by atoms with Crippen LogP contribution < -0.4 is 0 Å². The molecule has 6 nitrogen and oxygen atoms in total. The van der Waals surface area contributed by atoms with Gasteiger partial charge in [-0.2, -0.15) is 0 Å². The third-order valence-corrected chi connectivity index (χ3v) is 6.86. The van der Waals surface area contributed by atoms with Gasteiger partial charge in [-0.1, -0.05) is 38.3 Å². The van der Waals surface area contributed by atoms with E-state index in [1.807, 2.05) is 0 Å². The zero-order valence-corrected chi connectivity index (χ0v) is 17.8. The number of nitrogens with one attached hydrogen (secondary N) is 1. The predicted octanol–water partition coefficient (Wildman–Crippen LogP) is 4.93. The fraction of sp³-hybridized carbons (Fsp3) is 0.500. The third-order valence-electron chi connectivity index (χ3n) is 6.86. The number of hydrogen-bond acceptors (Lipinski definition) is 5. The molecule has 1 aliphatic heterocycles. The summed E-state index contributed by atoms with van der Waals surface area (Å²) in [7, 11) is 2.06. The number of fused-ring (bicyclic) bond motifs is 1. The molecule has 0 spiro atoms. The van der Waals surface area contributed by atoms with Crippen LogP contribution in [0, 0.1) is 0 Å². The molecule has 3 heterocycles. The summed E-state index contributed by atoms with van der Waals surface area (Å²) in [5.41, 5.74) is 8.46. The number of rotatable bonds is 3. The van der Waals surface area contributed by atoms with Crippen molar-refractivity contribution in [3.8, 4) is 11.4 Å². The third kappa shape index (κ3) is 3.48. The summed E-state index contributed by atoms with van der Waals surface area (Å²) < 4.78 is 0. The second-order valence-electron chi connectivity index (χ2n) is 8.84. The van der Waals surface area contributed by atoms with E-state index in [0.29, 0.717) is 5.92 Å². The Kier molecular flexibility index (Phi) is 5.23. The van der Waals surface area contributed by atoms with Crippen LogP contribution in [-0.4, -0.2) is 37.6 Å². The fourth-order valence-electron chi connectivity index (χ4n) is 5.22. The van der Waals surface area contributed by atoms with Crippen molar-refractivity contribution >= 4 is 5.57 Å². The van der Waals surface area contributed by atoms with Crippen molar-refractivity contribution in [2.24, 2.45) is 0 Å². The van der Waals surface area contributed by atoms with Gasteiger partial charge in [-0.15, -0.1) is 5.10 Å². The van der Waals surface area contributed by atoms with Gasteiger partial charge in [-0.25, -0.2) is 5.10 Å². The zero-order chi connectivity index (χ0) is 20.5. The van der Waals surface area contributed by atoms with E-state index in [-0.39, 0.29) is 0 Å². The van der Waals surface area contributed by atoms with E-state index < -0.39 is 0 Å². The van der Waals surface area contributed by atoms with Crippen LogP contribution in [0.3, 0.4) is 0 Å². The second-order valence-corrected chi connectivity index (χ2v) is 8.84. The van der Waals surface area contributed by atoms with Gasteiger partial charge in [-0.3, -0.25) is 4.98 Å². The van der Waals surface area contributed by atoms with E-state index in [0.717, 1.165) is 29.9 Å². The van der Waals surface area contributed by atoms with Gasteiger partial charge in [0.1, 0.15) is 0 Å². The number of aryl methyl sites for hydroxylation is 1. The Morgan fingerprint density at radius 2 is 1.80 bits per heavy atom. The Morgan fingerprint density at radius 3 is 2.57 bits per heavy atom. The zero-order valence-electron chi connectivity index (χ0n) is 17.8. The fourth-order valence-corrected chi connectivity index (χ4v) is 5.22. The lowest BCUT2D eigenvalue weighted by molar-refractivity contribution is 0.436. The van der Waals surface area contributed by atoms with E-state index in [1.165, 1.54) is 79.5 Å².